The average Bonchev–Trinajstić information content (AvgIpc) is 2.85. The molecule has 3 rings (SSSR count). The molecular weight excluding hydrogens is 345 g/mol. The molecule has 1 aliphatic rings. The highest BCUT2D eigenvalue weighted by Gasteiger charge is 2.38. The highest BCUT2D eigenvalue weighted by atomic mass is 19.1. The van der Waals surface area contributed by atoms with Crippen molar-refractivity contribution in [3.05, 3.63) is 81.8 Å². The number of hydrogen-bond donors (Lipinski definition) is 0. The highest BCUT2D eigenvalue weighted by molar-refractivity contribution is 6.23. The van der Waals surface area contributed by atoms with Crippen molar-refractivity contribution in [3.8, 4) is 0 Å². The van der Waals surface area contributed by atoms with Crippen LogP contribution in [0.5, 0.6) is 0 Å². The first-order valence-electron chi connectivity index (χ1n) is 8.52. The Morgan fingerprint density at radius 1 is 1.07 bits per heavy atom. The van der Waals surface area contributed by atoms with Crippen LogP contribution in [-0.4, -0.2) is 19.0 Å². The van der Waals surface area contributed by atoms with Crippen LogP contribution in [0, 0.1) is 19.7 Å². The van der Waals surface area contributed by atoms with Crippen molar-refractivity contribution in [1.29, 1.82) is 0 Å². The maximum absolute atomic E-state index is 14.1. The lowest BCUT2D eigenvalue weighted by molar-refractivity contribution is -0.136. The number of methoxy groups -OCH3 is 1. The monoisotopic (exact) mass is 365 g/mol. The van der Waals surface area contributed by atoms with Crippen molar-refractivity contribution in [2.75, 3.05) is 12.0 Å². The van der Waals surface area contributed by atoms with Crippen LogP contribution in [-0.2, 0) is 14.3 Å². The summed E-state index contributed by atoms with van der Waals surface area (Å²) in [7, 11) is 1.26. The normalized spacial score (nSPS) is 15.7. The van der Waals surface area contributed by atoms with E-state index in [9.17, 15) is 14.0 Å². The van der Waals surface area contributed by atoms with Gasteiger partial charge in [0.15, 0.2) is 0 Å². The Hall–Kier alpha value is -3.21. The first-order valence-corrected chi connectivity index (χ1v) is 8.52. The summed E-state index contributed by atoms with van der Waals surface area (Å²) in [5.41, 5.74) is 3.60. The van der Waals surface area contributed by atoms with Gasteiger partial charge in [0.05, 0.1) is 18.3 Å². The Balaban J connectivity index is 2.19. The Morgan fingerprint density at radius 3 is 2.30 bits per heavy atom. The van der Waals surface area contributed by atoms with Gasteiger partial charge < -0.3 is 4.74 Å². The minimum absolute atomic E-state index is 0.114. The number of halogens is 1. The van der Waals surface area contributed by atoms with Crippen LogP contribution in [0.15, 0.2) is 59.3 Å². The lowest BCUT2D eigenvalue weighted by atomic mass is 10.0. The van der Waals surface area contributed by atoms with E-state index in [4.69, 9.17) is 4.74 Å². The van der Waals surface area contributed by atoms with Gasteiger partial charge in [-0.3, -0.25) is 9.69 Å². The third-order valence-electron chi connectivity index (χ3n) is 4.46. The Bertz CT molecular complexity index is 984. The standard InChI is InChI=1S/C22H20FNO3/c1-13-9-14(2)11-17(10-13)24-15(3)20(22(26)27-4)18(21(24)25)12-16-7-5-6-8-19(16)23/h5-12H,1-4H3. The molecule has 0 saturated heterocycles. The molecule has 0 aliphatic carbocycles. The number of aryl methyl sites for hydroxylation is 2. The second kappa shape index (κ2) is 7.19. The summed E-state index contributed by atoms with van der Waals surface area (Å²) < 4.78 is 19.0. The fourth-order valence-corrected chi connectivity index (χ4v) is 3.32. The first kappa shape index (κ1) is 18.6. The summed E-state index contributed by atoms with van der Waals surface area (Å²) in [6, 6.07) is 11.8. The van der Waals surface area contributed by atoms with Crippen LogP contribution in [0.4, 0.5) is 10.1 Å². The second-order valence-electron chi connectivity index (χ2n) is 6.52. The van der Waals surface area contributed by atoms with E-state index < -0.39 is 11.8 Å². The summed E-state index contributed by atoms with van der Waals surface area (Å²) >= 11 is 0. The number of allylic oxidation sites excluding steroid dienone is 1. The molecule has 138 valence electrons. The molecule has 2 aromatic rings. The molecule has 0 atom stereocenters. The van der Waals surface area contributed by atoms with Crippen molar-refractivity contribution < 1.29 is 18.7 Å². The van der Waals surface area contributed by atoms with Crippen molar-refractivity contribution in [1.82, 2.24) is 0 Å². The zero-order valence-corrected chi connectivity index (χ0v) is 15.7. The van der Waals surface area contributed by atoms with Gasteiger partial charge in [0, 0.05) is 16.9 Å². The maximum atomic E-state index is 14.1. The predicted octanol–water partition coefficient (Wildman–Crippen LogP) is 4.32. The zero-order valence-electron chi connectivity index (χ0n) is 15.7. The van der Waals surface area contributed by atoms with Gasteiger partial charge in [-0.05, 0) is 56.2 Å². The van der Waals surface area contributed by atoms with Gasteiger partial charge in [-0.25, -0.2) is 9.18 Å². The zero-order chi connectivity index (χ0) is 19.7. The molecule has 5 heteroatoms. The largest absolute Gasteiger partial charge is 0.465 e. The van der Waals surface area contributed by atoms with Crippen molar-refractivity contribution >= 4 is 23.6 Å². The molecule has 27 heavy (non-hydrogen) atoms. The molecule has 0 aromatic heterocycles. The van der Waals surface area contributed by atoms with E-state index in [1.54, 1.807) is 25.1 Å². The minimum Gasteiger partial charge on any atom is -0.465 e. The smallest absolute Gasteiger partial charge is 0.340 e. The van der Waals surface area contributed by atoms with Gasteiger partial charge in [-0.15, -0.1) is 0 Å². The van der Waals surface area contributed by atoms with E-state index in [0.29, 0.717) is 11.4 Å². The number of benzene rings is 2. The molecule has 0 unspecified atom stereocenters. The van der Waals surface area contributed by atoms with Crippen LogP contribution in [0.2, 0.25) is 0 Å². The average molecular weight is 365 g/mol. The van der Waals surface area contributed by atoms with E-state index in [1.807, 2.05) is 32.0 Å². The molecule has 0 radical (unpaired) electrons. The molecule has 0 saturated carbocycles. The van der Waals surface area contributed by atoms with Crippen LogP contribution in [0.1, 0.15) is 23.6 Å². The van der Waals surface area contributed by atoms with E-state index in [-0.39, 0.29) is 22.6 Å². The summed E-state index contributed by atoms with van der Waals surface area (Å²) in [4.78, 5) is 27.0. The summed E-state index contributed by atoms with van der Waals surface area (Å²) in [6.07, 6.45) is 1.40. The topological polar surface area (TPSA) is 46.6 Å². The highest BCUT2D eigenvalue weighted by Crippen LogP contribution is 2.36. The number of carbonyl (C=O) groups is 2. The molecule has 0 fully saturated rings. The fourth-order valence-electron chi connectivity index (χ4n) is 3.32. The van der Waals surface area contributed by atoms with Crippen LogP contribution < -0.4 is 4.90 Å². The number of nitrogens with zero attached hydrogens (tertiary/aromatic N) is 1. The van der Waals surface area contributed by atoms with Gasteiger partial charge >= 0.3 is 5.97 Å². The quantitative estimate of drug-likeness (QED) is 0.601. The minimum atomic E-state index is -0.629. The van der Waals surface area contributed by atoms with Crippen LogP contribution in [0.25, 0.3) is 6.08 Å². The molecule has 4 nitrogen and oxygen atoms in total. The van der Waals surface area contributed by atoms with E-state index in [2.05, 4.69) is 0 Å². The Kier molecular flexibility index (Phi) is 4.95. The predicted molar refractivity (Wildman–Crippen MR) is 102 cm³/mol. The Labute approximate surface area is 157 Å². The lowest BCUT2D eigenvalue weighted by Crippen LogP contribution is -2.24. The number of carbonyl (C=O) groups excluding carboxylic acids is 2. The number of esters is 1. The van der Waals surface area contributed by atoms with E-state index >= 15 is 0 Å². The number of ether oxygens (including phenoxy) is 1. The molecule has 0 bridgehead atoms. The third kappa shape index (κ3) is 3.40. The summed E-state index contributed by atoms with van der Waals surface area (Å²) in [5, 5.41) is 0. The van der Waals surface area contributed by atoms with Gasteiger partial charge in [0.25, 0.3) is 5.91 Å². The number of rotatable bonds is 3. The van der Waals surface area contributed by atoms with Crippen LogP contribution >= 0.6 is 0 Å². The number of amides is 1. The fraction of sp³-hybridized carbons (Fsp3) is 0.182. The third-order valence-corrected chi connectivity index (χ3v) is 4.46. The number of anilines is 1. The van der Waals surface area contributed by atoms with E-state index in [1.165, 1.54) is 24.2 Å². The lowest BCUT2D eigenvalue weighted by Gasteiger charge is -2.19. The van der Waals surface area contributed by atoms with Crippen molar-refractivity contribution in [2.24, 2.45) is 0 Å². The Morgan fingerprint density at radius 2 is 1.70 bits per heavy atom. The van der Waals surface area contributed by atoms with Gasteiger partial charge in [0.2, 0.25) is 0 Å². The molecule has 1 aliphatic heterocycles. The molecule has 2 aromatic carbocycles. The first-order chi connectivity index (χ1) is 12.8. The second-order valence-corrected chi connectivity index (χ2v) is 6.52. The summed E-state index contributed by atoms with van der Waals surface area (Å²) in [5.74, 6) is -1.49. The molecule has 1 amide bonds. The van der Waals surface area contributed by atoms with Gasteiger partial charge in [-0.2, -0.15) is 0 Å². The van der Waals surface area contributed by atoms with Gasteiger partial charge in [-0.1, -0.05) is 24.3 Å². The van der Waals surface area contributed by atoms with Crippen molar-refractivity contribution in [2.45, 2.75) is 20.8 Å². The number of hydrogen-bond acceptors (Lipinski definition) is 3. The maximum Gasteiger partial charge on any atom is 0.340 e. The molecule has 0 N–H and O–H groups in total. The van der Waals surface area contributed by atoms with E-state index in [0.717, 1.165) is 11.1 Å². The molecule has 1 heterocycles. The summed E-state index contributed by atoms with van der Waals surface area (Å²) in [6.45, 7) is 5.56. The molecular formula is C22H20FNO3. The van der Waals surface area contributed by atoms with Crippen LogP contribution in [0.3, 0.4) is 0 Å². The van der Waals surface area contributed by atoms with Crippen molar-refractivity contribution in [3.63, 3.8) is 0 Å². The molecule has 0 spiro atoms. The van der Waals surface area contributed by atoms with Gasteiger partial charge in [0.1, 0.15) is 5.82 Å². The SMILES string of the molecule is COC(=O)C1=C(C)N(c2cc(C)cc(C)c2)C(=O)C1=Cc1ccccc1F.